The third-order valence-corrected chi connectivity index (χ3v) is 1.84. The van der Waals surface area contributed by atoms with Gasteiger partial charge in [-0.05, 0) is 45.0 Å². The molecule has 0 aliphatic carbocycles. The van der Waals surface area contributed by atoms with Crippen LogP contribution in [0.3, 0.4) is 0 Å². The minimum Gasteiger partial charge on any atom is -0.497 e. The molecule has 4 heteroatoms. The van der Waals surface area contributed by atoms with Crippen molar-refractivity contribution in [1.29, 1.82) is 0 Å². The lowest BCUT2D eigenvalue weighted by Crippen LogP contribution is -2.43. The summed E-state index contributed by atoms with van der Waals surface area (Å²) in [5.74, 6) is 0.766. The molecule has 0 unspecified atom stereocenters. The molecule has 2 N–H and O–H groups in total. The molecule has 0 radical (unpaired) electrons. The molecule has 0 aliphatic rings. The Morgan fingerprint density at radius 2 is 1.75 bits per heavy atom. The first-order valence-corrected chi connectivity index (χ1v) is 5.14. The maximum Gasteiger partial charge on any atom is 0.319 e. The van der Waals surface area contributed by atoms with Crippen molar-refractivity contribution in [3.8, 4) is 5.75 Å². The molecule has 0 saturated heterocycles. The first-order valence-electron chi connectivity index (χ1n) is 5.14. The van der Waals surface area contributed by atoms with Crippen molar-refractivity contribution in [2.24, 2.45) is 0 Å². The quantitative estimate of drug-likeness (QED) is 0.808. The molecule has 88 valence electrons. The molecule has 0 aliphatic heterocycles. The van der Waals surface area contributed by atoms with E-state index in [0.29, 0.717) is 0 Å². The van der Waals surface area contributed by atoms with Crippen LogP contribution in [0.15, 0.2) is 24.3 Å². The highest BCUT2D eigenvalue weighted by Gasteiger charge is 2.13. The zero-order chi connectivity index (χ0) is 12.2. The van der Waals surface area contributed by atoms with Gasteiger partial charge in [0.1, 0.15) is 5.75 Å². The Kier molecular flexibility index (Phi) is 3.77. The zero-order valence-electron chi connectivity index (χ0n) is 10.1. The molecule has 0 bridgehead atoms. The molecule has 0 spiro atoms. The molecule has 1 aromatic rings. The number of hydrogen-bond acceptors (Lipinski definition) is 2. The van der Waals surface area contributed by atoms with Crippen LogP contribution in [0, 0.1) is 0 Å². The van der Waals surface area contributed by atoms with Crippen molar-refractivity contribution >= 4 is 11.7 Å². The number of methoxy groups -OCH3 is 1. The lowest BCUT2D eigenvalue weighted by atomic mass is 10.1. The van der Waals surface area contributed by atoms with E-state index in [9.17, 15) is 4.79 Å². The van der Waals surface area contributed by atoms with E-state index in [1.165, 1.54) is 0 Å². The fraction of sp³-hybridized carbons (Fsp3) is 0.417. The van der Waals surface area contributed by atoms with E-state index < -0.39 is 0 Å². The predicted octanol–water partition coefficient (Wildman–Crippen LogP) is 2.62. The molecule has 1 rings (SSSR count). The third-order valence-electron chi connectivity index (χ3n) is 1.84. The van der Waals surface area contributed by atoms with Gasteiger partial charge in [0.15, 0.2) is 0 Å². The SMILES string of the molecule is COc1ccc(NC(=O)NC(C)(C)C)cc1. The van der Waals surface area contributed by atoms with Gasteiger partial charge in [-0.15, -0.1) is 0 Å². The Morgan fingerprint density at radius 3 is 2.19 bits per heavy atom. The van der Waals surface area contributed by atoms with Crippen LogP contribution in [0.2, 0.25) is 0 Å². The van der Waals surface area contributed by atoms with Gasteiger partial charge in [0.25, 0.3) is 0 Å². The number of hydrogen-bond donors (Lipinski definition) is 2. The maximum absolute atomic E-state index is 11.5. The van der Waals surface area contributed by atoms with Gasteiger partial charge in [-0.3, -0.25) is 0 Å². The summed E-state index contributed by atoms with van der Waals surface area (Å²) in [6.45, 7) is 5.79. The number of urea groups is 1. The summed E-state index contributed by atoms with van der Waals surface area (Å²) < 4.78 is 5.03. The third kappa shape index (κ3) is 4.21. The summed E-state index contributed by atoms with van der Waals surface area (Å²) in [6, 6.07) is 6.97. The van der Waals surface area contributed by atoms with Crippen molar-refractivity contribution in [1.82, 2.24) is 5.32 Å². The number of amides is 2. The first kappa shape index (κ1) is 12.4. The summed E-state index contributed by atoms with van der Waals surface area (Å²) in [5, 5.41) is 5.56. The van der Waals surface area contributed by atoms with Gasteiger partial charge in [0.05, 0.1) is 7.11 Å². The molecule has 4 nitrogen and oxygen atoms in total. The predicted molar refractivity (Wildman–Crippen MR) is 64.9 cm³/mol. The van der Waals surface area contributed by atoms with Crippen LogP contribution in [0.5, 0.6) is 5.75 Å². The van der Waals surface area contributed by atoms with E-state index in [-0.39, 0.29) is 11.6 Å². The molecule has 1 aromatic carbocycles. The van der Waals surface area contributed by atoms with Crippen molar-refractivity contribution in [2.75, 3.05) is 12.4 Å². The summed E-state index contributed by atoms with van der Waals surface area (Å²) in [7, 11) is 1.61. The smallest absolute Gasteiger partial charge is 0.319 e. The van der Waals surface area contributed by atoms with E-state index in [1.54, 1.807) is 31.4 Å². The highest BCUT2D eigenvalue weighted by Crippen LogP contribution is 2.14. The number of anilines is 1. The lowest BCUT2D eigenvalue weighted by molar-refractivity contribution is 0.244. The fourth-order valence-corrected chi connectivity index (χ4v) is 1.18. The van der Waals surface area contributed by atoms with Crippen LogP contribution in [0.25, 0.3) is 0 Å². The van der Waals surface area contributed by atoms with Crippen LogP contribution in [-0.4, -0.2) is 18.7 Å². The van der Waals surface area contributed by atoms with Gasteiger partial charge in [0.2, 0.25) is 0 Å². The number of benzene rings is 1. The van der Waals surface area contributed by atoms with E-state index in [0.717, 1.165) is 11.4 Å². The van der Waals surface area contributed by atoms with Crippen LogP contribution in [-0.2, 0) is 0 Å². The van der Waals surface area contributed by atoms with E-state index in [2.05, 4.69) is 10.6 Å². The average molecular weight is 222 g/mol. The molecule has 0 fully saturated rings. The highest BCUT2D eigenvalue weighted by molar-refractivity contribution is 5.89. The van der Waals surface area contributed by atoms with Gasteiger partial charge >= 0.3 is 6.03 Å². The summed E-state index contributed by atoms with van der Waals surface area (Å²) in [6.07, 6.45) is 0. The Labute approximate surface area is 96.0 Å². The summed E-state index contributed by atoms with van der Waals surface area (Å²) in [4.78, 5) is 11.5. The number of rotatable bonds is 2. The number of carbonyl (C=O) groups excluding carboxylic acids is 1. The monoisotopic (exact) mass is 222 g/mol. The molecule has 0 aromatic heterocycles. The van der Waals surface area contributed by atoms with Gasteiger partial charge in [-0.1, -0.05) is 0 Å². The second kappa shape index (κ2) is 4.88. The van der Waals surface area contributed by atoms with Crippen molar-refractivity contribution in [3.63, 3.8) is 0 Å². The minimum absolute atomic E-state index is 0.210. The summed E-state index contributed by atoms with van der Waals surface area (Å²) in [5.41, 5.74) is 0.499. The average Bonchev–Trinajstić information content (AvgIpc) is 2.16. The Balaban J connectivity index is 2.56. The van der Waals surface area contributed by atoms with Gasteiger partial charge < -0.3 is 15.4 Å². The molecular formula is C12H18N2O2. The largest absolute Gasteiger partial charge is 0.497 e. The lowest BCUT2D eigenvalue weighted by Gasteiger charge is -2.20. The molecule has 0 saturated carbocycles. The van der Waals surface area contributed by atoms with Crippen LogP contribution < -0.4 is 15.4 Å². The van der Waals surface area contributed by atoms with Crippen molar-refractivity contribution in [3.05, 3.63) is 24.3 Å². The van der Waals surface area contributed by atoms with E-state index in [4.69, 9.17) is 4.74 Å². The van der Waals surface area contributed by atoms with Gasteiger partial charge in [-0.25, -0.2) is 4.79 Å². The van der Waals surface area contributed by atoms with Crippen LogP contribution in [0.1, 0.15) is 20.8 Å². The fourth-order valence-electron chi connectivity index (χ4n) is 1.18. The topological polar surface area (TPSA) is 50.4 Å². The number of nitrogens with one attached hydrogen (secondary N) is 2. The van der Waals surface area contributed by atoms with Crippen LogP contribution >= 0.6 is 0 Å². The second-order valence-electron chi connectivity index (χ2n) is 4.56. The van der Waals surface area contributed by atoms with Crippen molar-refractivity contribution in [2.45, 2.75) is 26.3 Å². The van der Waals surface area contributed by atoms with Crippen molar-refractivity contribution < 1.29 is 9.53 Å². The minimum atomic E-state index is -0.240. The first-order chi connectivity index (χ1) is 7.40. The maximum atomic E-state index is 11.5. The standard InChI is InChI=1S/C12H18N2O2/c1-12(2,3)14-11(15)13-9-5-7-10(16-4)8-6-9/h5-8H,1-4H3,(H2,13,14,15). The Bertz CT molecular complexity index is 352. The second-order valence-corrected chi connectivity index (χ2v) is 4.56. The Morgan fingerprint density at radius 1 is 1.19 bits per heavy atom. The zero-order valence-corrected chi connectivity index (χ0v) is 10.1. The molecule has 0 atom stereocenters. The molecular weight excluding hydrogens is 204 g/mol. The number of ether oxygens (including phenoxy) is 1. The van der Waals surface area contributed by atoms with Crippen LogP contribution in [0.4, 0.5) is 10.5 Å². The van der Waals surface area contributed by atoms with Gasteiger partial charge in [0, 0.05) is 11.2 Å². The van der Waals surface area contributed by atoms with E-state index in [1.807, 2.05) is 20.8 Å². The summed E-state index contributed by atoms with van der Waals surface area (Å²) >= 11 is 0. The van der Waals surface area contributed by atoms with E-state index >= 15 is 0 Å². The molecule has 16 heavy (non-hydrogen) atoms. The normalized spacial score (nSPS) is 10.8. The molecule has 0 heterocycles. The number of carbonyl (C=O) groups is 1. The Hall–Kier alpha value is -1.71. The van der Waals surface area contributed by atoms with Gasteiger partial charge in [-0.2, -0.15) is 0 Å². The highest BCUT2D eigenvalue weighted by atomic mass is 16.5. The molecule has 2 amide bonds.